The molecule has 0 saturated carbocycles. The molecule has 1 fully saturated rings. The van der Waals surface area contributed by atoms with Crippen LogP contribution in [0, 0.1) is 0 Å². The van der Waals surface area contributed by atoms with Crippen LogP contribution >= 0.6 is 0 Å². The van der Waals surface area contributed by atoms with E-state index in [1.165, 1.54) is 0 Å². The van der Waals surface area contributed by atoms with Gasteiger partial charge in [0, 0.05) is 12.0 Å². The van der Waals surface area contributed by atoms with Crippen molar-refractivity contribution in [2.45, 2.75) is 30.8 Å². The van der Waals surface area contributed by atoms with Crippen LogP contribution in [0.2, 0.25) is 0 Å². The first-order valence-corrected chi connectivity index (χ1v) is 10.8. The second-order valence-corrected chi connectivity index (χ2v) is 7.74. The van der Waals surface area contributed by atoms with Crippen LogP contribution in [0.5, 0.6) is 0 Å². The molecule has 3 aromatic rings. The Kier molecular flexibility index (Phi) is 7.25. The van der Waals surface area contributed by atoms with Crippen molar-refractivity contribution in [3.05, 3.63) is 108 Å². The van der Waals surface area contributed by atoms with E-state index in [0.717, 1.165) is 0 Å². The molecule has 7 nitrogen and oxygen atoms in total. The Morgan fingerprint density at radius 1 is 0.676 bits per heavy atom. The summed E-state index contributed by atoms with van der Waals surface area (Å²) in [4.78, 5) is 50.1. The summed E-state index contributed by atoms with van der Waals surface area (Å²) < 4.78 is 17.0. The zero-order valence-corrected chi connectivity index (χ0v) is 18.1. The standard InChI is InChI=1S/C27H22O7/c28-17-23-25(34-27(31)20-14-8-3-9-15-20)24(33-26(30)19-12-6-2-7-13-19)22(32-23)16-21(29)18-10-4-1-5-11-18/h1-15,17,22-25H,16H2/t22-,23+,24+,25+/m1/s1. The number of carbonyl (C=O) groups is 4. The van der Waals surface area contributed by atoms with Crippen LogP contribution in [0.1, 0.15) is 37.5 Å². The maximum absolute atomic E-state index is 12.8. The number of carbonyl (C=O) groups excluding carboxylic acids is 4. The van der Waals surface area contributed by atoms with Crippen molar-refractivity contribution in [1.82, 2.24) is 0 Å². The van der Waals surface area contributed by atoms with Crippen LogP contribution in [-0.2, 0) is 19.0 Å². The summed E-state index contributed by atoms with van der Waals surface area (Å²) in [6, 6.07) is 25.1. The van der Waals surface area contributed by atoms with E-state index in [0.29, 0.717) is 11.8 Å². The third-order valence-corrected chi connectivity index (χ3v) is 5.47. The minimum atomic E-state index is -1.22. The van der Waals surface area contributed by atoms with Gasteiger partial charge in [0.2, 0.25) is 0 Å². The molecule has 0 N–H and O–H groups in total. The lowest BCUT2D eigenvalue weighted by Gasteiger charge is -2.23. The highest BCUT2D eigenvalue weighted by Crippen LogP contribution is 2.30. The predicted molar refractivity (Wildman–Crippen MR) is 121 cm³/mol. The molecule has 34 heavy (non-hydrogen) atoms. The van der Waals surface area contributed by atoms with Crippen molar-refractivity contribution in [2.75, 3.05) is 0 Å². The second-order valence-electron chi connectivity index (χ2n) is 7.74. The maximum Gasteiger partial charge on any atom is 0.338 e. The highest BCUT2D eigenvalue weighted by molar-refractivity contribution is 5.96. The van der Waals surface area contributed by atoms with E-state index in [9.17, 15) is 19.2 Å². The average molecular weight is 458 g/mol. The summed E-state index contributed by atoms with van der Waals surface area (Å²) in [5.74, 6) is -1.64. The molecule has 0 bridgehead atoms. The molecule has 172 valence electrons. The lowest BCUT2D eigenvalue weighted by atomic mass is 10.00. The van der Waals surface area contributed by atoms with Crippen LogP contribution in [0.4, 0.5) is 0 Å². The van der Waals surface area contributed by atoms with Crippen molar-refractivity contribution in [3.8, 4) is 0 Å². The van der Waals surface area contributed by atoms with E-state index in [1.54, 1.807) is 91.0 Å². The van der Waals surface area contributed by atoms with Crippen molar-refractivity contribution in [1.29, 1.82) is 0 Å². The summed E-state index contributed by atoms with van der Waals surface area (Å²) in [5.41, 5.74) is 0.994. The zero-order chi connectivity index (χ0) is 23.9. The fraction of sp³-hybridized carbons (Fsp3) is 0.185. The average Bonchev–Trinajstić information content (AvgIpc) is 3.20. The van der Waals surface area contributed by atoms with Gasteiger partial charge >= 0.3 is 11.9 Å². The number of hydrogen-bond donors (Lipinski definition) is 0. The van der Waals surface area contributed by atoms with E-state index in [1.807, 2.05) is 0 Å². The van der Waals surface area contributed by atoms with Gasteiger partial charge in [0.1, 0.15) is 6.10 Å². The lowest BCUT2D eigenvalue weighted by molar-refractivity contribution is -0.121. The molecule has 0 aromatic heterocycles. The number of rotatable bonds is 8. The normalized spacial score (nSPS) is 21.4. The Hall–Kier alpha value is -4.10. The SMILES string of the molecule is O=C[C@@H]1O[C@H](CC(=O)c2ccccc2)[C@H](OC(=O)c2ccccc2)[C@H]1OC(=O)c1ccccc1. The summed E-state index contributed by atoms with van der Waals surface area (Å²) in [6.07, 6.45) is -4.24. The number of ketones is 1. The minimum Gasteiger partial charge on any atom is -0.452 e. The van der Waals surface area contributed by atoms with Crippen LogP contribution in [-0.4, -0.2) is 48.4 Å². The summed E-state index contributed by atoms with van der Waals surface area (Å²) >= 11 is 0. The first-order chi connectivity index (χ1) is 16.6. The third kappa shape index (κ3) is 5.27. The number of benzene rings is 3. The molecule has 0 unspecified atom stereocenters. The smallest absolute Gasteiger partial charge is 0.338 e. The zero-order valence-electron chi connectivity index (χ0n) is 18.1. The molecule has 1 aliphatic heterocycles. The maximum atomic E-state index is 12.8. The van der Waals surface area contributed by atoms with Gasteiger partial charge in [-0.05, 0) is 24.3 Å². The first kappa shape index (κ1) is 23.1. The van der Waals surface area contributed by atoms with Gasteiger partial charge in [-0.15, -0.1) is 0 Å². The molecule has 0 amide bonds. The topological polar surface area (TPSA) is 96.0 Å². The molecule has 4 atom stereocenters. The fourth-order valence-corrected chi connectivity index (χ4v) is 3.76. The molecular weight excluding hydrogens is 436 g/mol. The van der Waals surface area contributed by atoms with Crippen LogP contribution in [0.3, 0.4) is 0 Å². The van der Waals surface area contributed by atoms with Gasteiger partial charge in [-0.25, -0.2) is 9.59 Å². The third-order valence-electron chi connectivity index (χ3n) is 5.47. The number of ether oxygens (including phenoxy) is 3. The van der Waals surface area contributed by atoms with E-state index in [-0.39, 0.29) is 23.3 Å². The molecular formula is C27H22O7. The number of hydrogen-bond acceptors (Lipinski definition) is 7. The van der Waals surface area contributed by atoms with Crippen LogP contribution in [0.15, 0.2) is 91.0 Å². The van der Waals surface area contributed by atoms with E-state index < -0.39 is 36.4 Å². The monoisotopic (exact) mass is 458 g/mol. The lowest BCUT2D eigenvalue weighted by Crippen LogP contribution is -2.41. The quantitative estimate of drug-likeness (QED) is 0.289. The van der Waals surface area contributed by atoms with Crippen LogP contribution in [0.25, 0.3) is 0 Å². The van der Waals surface area contributed by atoms with E-state index in [2.05, 4.69) is 0 Å². The molecule has 0 spiro atoms. The molecule has 0 radical (unpaired) electrons. The van der Waals surface area contributed by atoms with Crippen LogP contribution < -0.4 is 0 Å². The number of aldehydes is 1. The Balaban J connectivity index is 1.60. The molecule has 1 heterocycles. The predicted octanol–water partition coefficient (Wildman–Crippen LogP) is 3.68. The first-order valence-electron chi connectivity index (χ1n) is 10.8. The Morgan fingerprint density at radius 3 is 1.59 bits per heavy atom. The van der Waals surface area contributed by atoms with Crippen molar-refractivity contribution in [2.24, 2.45) is 0 Å². The number of esters is 2. The van der Waals surface area contributed by atoms with Gasteiger partial charge in [0.15, 0.2) is 30.4 Å². The fourth-order valence-electron chi connectivity index (χ4n) is 3.76. The minimum absolute atomic E-state index is 0.166. The largest absolute Gasteiger partial charge is 0.452 e. The highest BCUT2D eigenvalue weighted by atomic mass is 16.6. The molecule has 0 aliphatic carbocycles. The Labute approximate surface area is 196 Å². The van der Waals surface area contributed by atoms with Gasteiger partial charge in [0.25, 0.3) is 0 Å². The Morgan fingerprint density at radius 2 is 1.12 bits per heavy atom. The second kappa shape index (κ2) is 10.7. The Bertz CT molecular complexity index is 1150. The molecule has 1 aliphatic rings. The van der Waals surface area contributed by atoms with E-state index in [4.69, 9.17) is 14.2 Å². The highest BCUT2D eigenvalue weighted by Gasteiger charge is 2.50. The van der Waals surface area contributed by atoms with Gasteiger partial charge in [0.05, 0.1) is 11.1 Å². The van der Waals surface area contributed by atoms with Gasteiger partial charge < -0.3 is 19.0 Å². The van der Waals surface area contributed by atoms with Gasteiger partial charge in [-0.1, -0.05) is 66.7 Å². The molecule has 1 saturated heterocycles. The van der Waals surface area contributed by atoms with Crippen molar-refractivity contribution >= 4 is 24.0 Å². The molecule has 3 aromatic carbocycles. The van der Waals surface area contributed by atoms with Gasteiger partial charge in [-0.2, -0.15) is 0 Å². The van der Waals surface area contributed by atoms with Crippen molar-refractivity contribution in [3.63, 3.8) is 0 Å². The molecule has 4 rings (SSSR count). The number of Topliss-reactive ketones (excluding diaryl/α,β-unsaturated/α-hetero) is 1. The summed E-state index contributed by atoms with van der Waals surface area (Å²) in [7, 11) is 0. The van der Waals surface area contributed by atoms with E-state index >= 15 is 0 Å². The van der Waals surface area contributed by atoms with Crippen molar-refractivity contribution < 1.29 is 33.4 Å². The summed E-state index contributed by atoms with van der Waals surface area (Å²) in [6.45, 7) is 0. The van der Waals surface area contributed by atoms with Gasteiger partial charge in [-0.3, -0.25) is 4.79 Å². The molecule has 7 heteroatoms. The summed E-state index contributed by atoms with van der Waals surface area (Å²) in [5, 5.41) is 0.